The molecule has 0 unspecified atom stereocenters. The number of nitrogens with zero attached hydrogens (tertiary/aromatic N) is 2. The highest BCUT2D eigenvalue weighted by molar-refractivity contribution is 7.80. The maximum Gasteiger partial charge on any atom is 0.338 e. The highest BCUT2D eigenvalue weighted by Gasteiger charge is 2.32. The Bertz CT molecular complexity index is 1720. The number of esters is 1. The highest BCUT2D eigenvalue weighted by atomic mass is 35.5. The van der Waals surface area contributed by atoms with Gasteiger partial charge in [-0.25, -0.2) is 10.2 Å². The van der Waals surface area contributed by atoms with Crippen molar-refractivity contribution in [1.82, 2.24) is 16.1 Å². The SMILES string of the molecule is CCOC(=O)C1=C(C)NC(=S)N[C@H]1c1ccccc1OCC(=O)NN=Cc1cc(Cl)c(OCc2ccccc2C#N)c(OCC)c1. The Kier molecular flexibility index (Phi) is 11.9. The van der Waals surface area contributed by atoms with E-state index >= 15 is 0 Å². The summed E-state index contributed by atoms with van der Waals surface area (Å²) >= 11 is 11.8. The normalized spacial score (nSPS) is 14.2. The van der Waals surface area contributed by atoms with Crippen LogP contribution in [0.4, 0.5) is 0 Å². The van der Waals surface area contributed by atoms with Crippen LogP contribution >= 0.6 is 23.8 Å². The number of amides is 1. The number of halogens is 1. The van der Waals surface area contributed by atoms with Crippen LogP contribution < -0.4 is 30.3 Å². The third kappa shape index (κ3) is 8.53. The number of nitrogens with one attached hydrogen (secondary N) is 3. The molecule has 0 saturated heterocycles. The number of allylic oxidation sites excluding steroid dienone is 1. The van der Waals surface area contributed by atoms with Gasteiger partial charge >= 0.3 is 5.97 Å². The number of ether oxygens (including phenoxy) is 4. The fraction of sp³-hybridized carbons (Fsp3) is 0.242. The van der Waals surface area contributed by atoms with E-state index in [1.54, 1.807) is 68.4 Å². The maximum atomic E-state index is 12.8. The van der Waals surface area contributed by atoms with Crippen molar-refractivity contribution in [1.29, 1.82) is 5.26 Å². The second kappa shape index (κ2) is 16.3. The third-order valence-corrected chi connectivity index (χ3v) is 7.10. The van der Waals surface area contributed by atoms with Gasteiger partial charge in [-0.3, -0.25) is 4.79 Å². The number of thiocarbonyl (C=S) groups is 1. The topological polar surface area (TPSA) is 143 Å². The molecule has 3 N–H and O–H groups in total. The summed E-state index contributed by atoms with van der Waals surface area (Å²) in [4.78, 5) is 25.4. The summed E-state index contributed by atoms with van der Waals surface area (Å²) in [6, 6.07) is 18.9. The van der Waals surface area contributed by atoms with E-state index in [0.717, 1.165) is 0 Å². The van der Waals surface area contributed by atoms with E-state index in [1.807, 2.05) is 13.0 Å². The Morgan fingerprint density at radius 1 is 1.07 bits per heavy atom. The maximum absolute atomic E-state index is 12.8. The van der Waals surface area contributed by atoms with E-state index in [1.165, 1.54) is 6.21 Å². The van der Waals surface area contributed by atoms with Gasteiger partial charge in [-0.1, -0.05) is 48.0 Å². The summed E-state index contributed by atoms with van der Waals surface area (Å²) < 4.78 is 22.8. The Hall–Kier alpha value is -5.12. The molecule has 11 nitrogen and oxygen atoms in total. The zero-order valence-electron chi connectivity index (χ0n) is 25.4. The summed E-state index contributed by atoms with van der Waals surface area (Å²) in [5, 5.41) is 20.0. The molecule has 0 aromatic heterocycles. The molecule has 1 aliphatic heterocycles. The molecule has 0 radical (unpaired) electrons. The molecule has 1 amide bonds. The summed E-state index contributed by atoms with van der Waals surface area (Å²) in [6.45, 7) is 5.62. The molecule has 3 aromatic rings. The van der Waals surface area contributed by atoms with Gasteiger partial charge in [-0.2, -0.15) is 10.4 Å². The van der Waals surface area contributed by atoms with Crippen LogP contribution in [0.3, 0.4) is 0 Å². The molecule has 0 spiro atoms. The molecule has 0 saturated carbocycles. The standard InChI is InChI=1S/C33H32ClN5O6S/c1-4-42-27-15-21(14-25(34)31(27)45-18-23-11-7-6-10-22(23)16-35)17-36-39-28(40)19-44-26-13-9-8-12-24(26)30-29(32(41)43-5-2)20(3)37-33(46)38-30/h6-15,17,30H,4-5,18-19H2,1-3H3,(H,39,40)(H2,37,38,46)/t30-/m0/s1. The van der Waals surface area contributed by atoms with Gasteiger partial charge in [-0.05, 0) is 62.8 Å². The quantitative estimate of drug-likeness (QED) is 0.0983. The zero-order valence-corrected chi connectivity index (χ0v) is 27.0. The van der Waals surface area contributed by atoms with E-state index in [9.17, 15) is 14.9 Å². The summed E-state index contributed by atoms with van der Waals surface area (Å²) in [5.41, 5.74) is 5.71. The van der Waals surface area contributed by atoms with Crippen molar-refractivity contribution >= 4 is 47.0 Å². The lowest BCUT2D eigenvalue weighted by atomic mass is 9.95. The molecule has 46 heavy (non-hydrogen) atoms. The largest absolute Gasteiger partial charge is 0.490 e. The van der Waals surface area contributed by atoms with Gasteiger partial charge in [0.1, 0.15) is 12.4 Å². The van der Waals surface area contributed by atoms with Crippen LogP contribution in [-0.2, 0) is 20.9 Å². The number of carbonyl (C=O) groups excluding carboxylic acids is 2. The third-order valence-electron chi connectivity index (χ3n) is 6.60. The Morgan fingerprint density at radius 3 is 2.59 bits per heavy atom. The van der Waals surface area contributed by atoms with E-state index < -0.39 is 17.9 Å². The van der Waals surface area contributed by atoms with Crippen molar-refractivity contribution in [2.45, 2.75) is 33.4 Å². The molecular weight excluding hydrogens is 630 g/mol. The van der Waals surface area contributed by atoms with Gasteiger partial charge in [0.15, 0.2) is 23.2 Å². The molecular formula is C33H32ClN5O6S. The first-order valence-corrected chi connectivity index (χ1v) is 15.1. The lowest BCUT2D eigenvalue weighted by Gasteiger charge is -2.30. The number of carbonyl (C=O) groups is 2. The minimum absolute atomic E-state index is 0.122. The van der Waals surface area contributed by atoms with Crippen molar-refractivity contribution < 1.29 is 28.5 Å². The first kappa shape index (κ1) is 33.8. The van der Waals surface area contributed by atoms with Gasteiger partial charge in [0, 0.05) is 16.8 Å². The van der Waals surface area contributed by atoms with E-state index in [4.69, 9.17) is 42.8 Å². The first-order chi connectivity index (χ1) is 22.2. The summed E-state index contributed by atoms with van der Waals surface area (Å²) in [7, 11) is 0. The predicted molar refractivity (Wildman–Crippen MR) is 177 cm³/mol. The molecule has 238 valence electrons. The van der Waals surface area contributed by atoms with E-state index in [0.29, 0.717) is 62.5 Å². The van der Waals surface area contributed by atoms with Gasteiger partial charge in [0.05, 0.1) is 47.7 Å². The summed E-state index contributed by atoms with van der Waals surface area (Å²) in [6.07, 6.45) is 1.41. The Morgan fingerprint density at radius 2 is 1.83 bits per heavy atom. The molecule has 0 aliphatic carbocycles. The van der Waals surface area contributed by atoms with Crippen molar-refractivity contribution in [3.05, 3.63) is 99.2 Å². The monoisotopic (exact) mass is 661 g/mol. The molecule has 0 fully saturated rings. The number of nitriles is 1. The fourth-order valence-corrected chi connectivity index (χ4v) is 5.13. The van der Waals surface area contributed by atoms with Crippen molar-refractivity contribution in [3.8, 4) is 23.3 Å². The number of hydrogen-bond donors (Lipinski definition) is 3. The average molecular weight is 662 g/mol. The second-order valence-corrected chi connectivity index (χ2v) is 10.5. The first-order valence-electron chi connectivity index (χ1n) is 14.3. The average Bonchev–Trinajstić information content (AvgIpc) is 3.03. The number of hydrogen-bond acceptors (Lipinski definition) is 9. The number of benzene rings is 3. The second-order valence-electron chi connectivity index (χ2n) is 9.73. The minimum Gasteiger partial charge on any atom is -0.490 e. The molecule has 1 heterocycles. The van der Waals surface area contributed by atoms with Crippen LogP contribution in [0.1, 0.15) is 49.1 Å². The van der Waals surface area contributed by atoms with Gasteiger partial charge in [-0.15, -0.1) is 0 Å². The van der Waals surface area contributed by atoms with Gasteiger partial charge in [0.2, 0.25) is 0 Å². The van der Waals surface area contributed by atoms with Crippen molar-refractivity contribution in [2.24, 2.45) is 5.10 Å². The van der Waals surface area contributed by atoms with Crippen LogP contribution in [-0.4, -0.2) is 43.0 Å². The van der Waals surface area contributed by atoms with Crippen LogP contribution in [0.5, 0.6) is 17.2 Å². The lowest BCUT2D eigenvalue weighted by Crippen LogP contribution is -2.45. The van der Waals surface area contributed by atoms with Crippen molar-refractivity contribution in [2.75, 3.05) is 19.8 Å². The van der Waals surface area contributed by atoms with Crippen LogP contribution in [0, 0.1) is 11.3 Å². The smallest absolute Gasteiger partial charge is 0.338 e. The fourth-order valence-electron chi connectivity index (χ4n) is 4.58. The van der Waals surface area contributed by atoms with E-state index in [2.05, 4.69) is 27.2 Å². The van der Waals surface area contributed by atoms with Crippen LogP contribution in [0.25, 0.3) is 0 Å². The lowest BCUT2D eigenvalue weighted by molar-refractivity contribution is -0.139. The molecule has 4 rings (SSSR count). The van der Waals surface area contributed by atoms with Crippen molar-refractivity contribution in [3.63, 3.8) is 0 Å². The molecule has 1 aliphatic rings. The zero-order chi connectivity index (χ0) is 33.1. The Balaban J connectivity index is 1.42. The molecule has 0 bridgehead atoms. The Labute approximate surface area is 277 Å². The molecule has 3 aromatic carbocycles. The predicted octanol–water partition coefficient (Wildman–Crippen LogP) is 5.07. The van der Waals surface area contributed by atoms with E-state index in [-0.39, 0.29) is 24.8 Å². The minimum atomic E-state index is -0.651. The number of hydrazone groups is 1. The van der Waals surface area contributed by atoms with Crippen LogP contribution in [0.2, 0.25) is 5.02 Å². The van der Waals surface area contributed by atoms with Crippen LogP contribution in [0.15, 0.2) is 77.0 Å². The van der Waals surface area contributed by atoms with Gasteiger partial charge < -0.3 is 29.6 Å². The number of rotatable bonds is 13. The highest BCUT2D eigenvalue weighted by Crippen LogP contribution is 2.37. The molecule has 13 heteroatoms. The molecule has 1 atom stereocenters. The van der Waals surface area contributed by atoms with Gasteiger partial charge in [0.25, 0.3) is 5.91 Å². The number of para-hydroxylation sites is 1. The summed E-state index contributed by atoms with van der Waals surface area (Å²) in [5.74, 6) is 0.0640.